The van der Waals surface area contributed by atoms with Gasteiger partial charge in [-0.3, -0.25) is 19.2 Å². The second kappa shape index (κ2) is 12.5. The number of rotatable bonds is 10. The molecule has 0 bridgehead atoms. The van der Waals surface area contributed by atoms with E-state index in [1.54, 1.807) is 40.7 Å². The van der Waals surface area contributed by atoms with Crippen LogP contribution in [-0.4, -0.2) is 51.6 Å². The molecule has 1 saturated heterocycles. The summed E-state index contributed by atoms with van der Waals surface area (Å²) in [5.41, 5.74) is -1.28. The lowest BCUT2D eigenvalue weighted by Gasteiger charge is -2.23. The van der Waals surface area contributed by atoms with Crippen molar-refractivity contribution in [2.45, 2.75) is 71.6 Å². The van der Waals surface area contributed by atoms with E-state index in [2.05, 4.69) is 21.1 Å². The van der Waals surface area contributed by atoms with Crippen molar-refractivity contribution >= 4 is 29.4 Å². The summed E-state index contributed by atoms with van der Waals surface area (Å²) in [4.78, 5) is 63.5. The quantitative estimate of drug-likeness (QED) is 0.305. The Morgan fingerprint density at radius 2 is 2.05 bits per heavy atom. The SMILES string of the molecule is CCC(C(=O)NC(C=CC(=O)OC(C)(C)C)CC1CCNC1=O)n1cccc(NC(=O)c2cc(C)on2)c1=O. The third-order valence-corrected chi connectivity index (χ3v) is 6.01. The highest BCUT2D eigenvalue weighted by Crippen LogP contribution is 2.19. The van der Waals surface area contributed by atoms with E-state index >= 15 is 0 Å². The molecule has 2 aromatic heterocycles. The highest BCUT2D eigenvalue weighted by atomic mass is 16.6. The van der Waals surface area contributed by atoms with Gasteiger partial charge in [0.15, 0.2) is 5.69 Å². The van der Waals surface area contributed by atoms with Gasteiger partial charge < -0.3 is 29.8 Å². The van der Waals surface area contributed by atoms with Gasteiger partial charge in [0.1, 0.15) is 23.1 Å². The van der Waals surface area contributed by atoms with Gasteiger partial charge in [0.05, 0.1) is 0 Å². The van der Waals surface area contributed by atoms with Crippen molar-refractivity contribution < 1.29 is 28.4 Å². The van der Waals surface area contributed by atoms with Gasteiger partial charge in [-0.25, -0.2) is 4.79 Å². The normalized spacial score (nSPS) is 16.9. The lowest BCUT2D eigenvalue weighted by molar-refractivity contribution is -0.148. The third-order valence-electron chi connectivity index (χ3n) is 6.01. The lowest BCUT2D eigenvalue weighted by Crippen LogP contribution is -2.43. The van der Waals surface area contributed by atoms with Gasteiger partial charge in [0.25, 0.3) is 11.5 Å². The third kappa shape index (κ3) is 8.13. The minimum absolute atomic E-state index is 0.0163. The van der Waals surface area contributed by atoms with Crippen molar-refractivity contribution in [2.24, 2.45) is 5.92 Å². The van der Waals surface area contributed by atoms with Crippen molar-refractivity contribution in [2.75, 3.05) is 11.9 Å². The van der Waals surface area contributed by atoms with Crippen LogP contribution in [0.4, 0.5) is 5.69 Å². The Bertz CT molecular complexity index is 1300. The predicted molar refractivity (Wildman–Crippen MR) is 142 cm³/mol. The van der Waals surface area contributed by atoms with E-state index in [9.17, 15) is 24.0 Å². The summed E-state index contributed by atoms with van der Waals surface area (Å²) in [6, 6.07) is 2.83. The molecule has 3 heterocycles. The Morgan fingerprint density at radius 1 is 1.31 bits per heavy atom. The van der Waals surface area contributed by atoms with Crippen molar-refractivity contribution in [1.29, 1.82) is 0 Å². The first-order chi connectivity index (χ1) is 18.4. The zero-order valence-electron chi connectivity index (χ0n) is 22.8. The molecule has 0 saturated carbocycles. The molecule has 0 spiro atoms. The van der Waals surface area contributed by atoms with Crippen LogP contribution in [-0.2, 0) is 19.1 Å². The van der Waals surface area contributed by atoms with Gasteiger partial charge >= 0.3 is 5.97 Å². The number of hydrogen-bond acceptors (Lipinski definition) is 8. The Hall–Kier alpha value is -4.22. The van der Waals surface area contributed by atoms with Gasteiger partial charge in [-0.2, -0.15) is 0 Å². The highest BCUT2D eigenvalue weighted by Gasteiger charge is 2.29. The number of esters is 1. The molecule has 12 nitrogen and oxygen atoms in total. The molecule has 0 aliphatic carbocycles. The minimum atomic E-state index is -0.918. The van der Waals surface area contributed by atoms with E-state index in [1.165, 1.54) is 35.0 Å². The Labute approximate surface area is 226 Å². The summed E-state index contributed by atoms with van der Waals surface area (Å²) < 4.78 is 11.4. The number of aromatic nitrogens is 2. The molecule has 2 aromatic rings. The molecule has 0 radical (unpaired) electrons. The molecule has 1 aliphatic heterocycles. The standard InChI is InChI=1S/C27H35N5O7/c1-6-21(32-13-7-8-19(26(32)37)30-24(35)20-14-16(2)39-31-20)25(36)29-18(15-17-11-12-28-23(17)34)9-10-22(33)38-27(3,4)5/h7-10,13-14,17-18,21H,6,11-12,15H2,1-5H3,(H,28,34)(H,29,36)(H,30,35). The number of anilines is 1. The highest BCUT2D eigenvalue weighted by molar-refractivity contribution is 6.02. The summed E-state index contributed by atoms with van der Waals surface area (Å²) in [5, 5.41) is 11.8. The molecule has 3 rings (SSSR count). The topological polar surface area (TPSA) is 162 Å². The van der Waals surface area contributed by atoms with Gasteiger partial charge in [0, 0.05) is 36.8 Å². The average molecular weight is 542 g/mol. The van der Waals surface area contributed by atoms with Crippen LogP contribution in [0.2, 0.25) is 0 Å². The molecule has 3 atom stereocenters. The number of aryl methyl sites for hydroxylation is 1. The Kier molecular flexibility index (Phi) is 9.44. The Balaban J connectivity index is 1.79. The molecular formula is C27H35N5O7. The van der Waals surface area contributed by atoms with Crippen LogP contribution in [0.3, 0.4) is 0 Å². The molecule has 1 fully saturated rings. The lowest BCUT2D eigenvalue weighted by atomic mass is 9.97. The van der Waals surface area contributed by atoms with Crippen LogP contribution < -0.4 is 21.5 Å². The first-order valence-electron chi connectivity index (χ1n) is 12.8. The van der Waals surface area contributed by atoms with Crippen LogP contribution in [0.15, 0.2) is 45.9 Å². The summed E-state index contributed by atoms with van der Waals surface area (Å²) in [7, 11) is 0. The number of carbonyl (C=O) groups excluding carboxylic acids is 4. The van der Waals surface area contributed by atoms with Crippen LogP contribution in [0.5, 0.6) is 0 Å². The predicted octanol–water partition coefficient (Wildman–Crippen LogP) is 2.26. The van der Waals surface area contributed by atoms with E-state index in [1.807, 2.05) is 0 Å². The number of ether oxygens (including phenoxy) is 1. The minimum Gasteiger partial charge on any atom is -0.457 e. The number of hydrogen-bond donors (Lipinski definition) is 3. The zero-order chi connectivity index (χ0) is 28.7. The van der Waals surface area contributed by atoms with E-state index in [0.29, 0.717) is 18.7 Å². The fraction of sp³-hybridized carbons (Fsp3) is 0.481. The molecule has 39 heavy (non-hydrogen) atoms. The smallest absolute Gasteiger partial charge is 0.331 e. The van der Waals surface area contributed by atoms with Crippen molar-refractivity contribution in [3.8, 4) is 0 Å². The van der Waals surface area contributed by atoms with Crippen molar-refractivity contribution in [3.05, 3.63) is 58.4 Å². The molecule has 12 heteroatoms. The van der Waals surface area contributed by atoms with Crippen LogP contribution >= 0.6 is 0 Å². The van der Waals surface area contributed by atoms with Gasteiger partial charge in [-0.1, -0.05) is 18.2 Å². The largest absolute Gasteiger partial charge is 0.457 e. The van der Waals surface area contributed by atoms with Crippen LogP contribution in [0, 0.1) is 12.8 Å². The number of amides is 3. The molecular weight excluding hydrogens is 506 g/mol. The van der Waals surface area contributed by atoms with E-state index in [4.69, 9.17) is 9.26 Å². The fourth-order valence-electron chi connectivity index (χ4n) is 4.19. The first-order valence-corrected chi connectivity index (χ1v) is 12.8. The van der Waals surface area contributed by atoms with Gasteiger partial charge in [0.2, 0.25) is 11.8 Å². The number of pyridine rings is 1. The summed E-state index contributed by atoms with van der Waals surface area (Å²) >= 11 is 0. The summed E-state index contributed by atoms with van der Waals surface area (Å²) in [5.74, 6) is -1.69. The van der Waals surface area contributed by atoms with Gasteiger partial charge in [-0.15, -0.1) is 0 Å². The monoisotopic (exact) mass is 541 g/mol. The molecule has 3 N–H and O–H groups in total. The number of nitrogens with zero attached hydrogens (tertiary/aromatic N) is 2. The average Bonchev–Trinajstić information content (AvgIpc) is 3.47. The molecule has 3 unspecified atom stereocenters. The molecule has 1 aliphatic rings. The second-order valence-corrected chi connectivity index (χ2v) is 10.4. The number of nitrogens with one attached hydrogen (secondary N) is 3. The molecule has 0 aromatic carbocycles. The van der Waals surface area contributed by atoms with E-state index in [-0.39, 0.29) is 36.0 Å². The Morgan fingerprint density at radius 3 is 2.64 bits per heavy atom. The first kappa shape index (κ1) is 29.3. The number of carbonyl (C=O) groups is 4. The molecule has 3 amide bonds. The molecule has 210 valence electrons. The maximum absolute atomic E-state index is 13.4. The van der Waals surface area contributed by atoms with Crippen molar-refractivity contribution in [3.63, 3.8) is 0 Å². The maximum Gasteiger partial charge on any atom is 0.331 e. The van der Waals surface area contributed by atoms with Gasteiger partial charge in [-0.05, 0) is 59.1 Å². The fourth-order valence-corrected chi connectivity index (χ4v) is 4.19. The van der Waals surface area contributed by atoms with Crippen LogP contribution in [0.1, 0.15) is 69.2 Å². The van der Waals surface area contributed by atoms with Crippen molar-refractivity contribution in [1.82, 2.24) is 20.4 Å². The van der Waals surface area contributed by atoms with Crippen LogP contribution in [0.25, 0.3) is 0 Å². The van der Waals surface area contributed by atoms with E-state index in [0.717, 1.165) is 0 Å². The summed E-state index contributed by atoms with van der Waals surface area (Å²) in [6.07, 6.45) is 5.34. The zero-order valence-corrected chi connectivity index (χ0v) is 22.8. The maximum atomic E-state index is 13.4. The second-order valence-electron chi connectivity index (χ2n) is 10.4. The summed E-state index contributed by atoms with van der Waals surface area (Å²) in [6.45, 7) is 9.16. The van der Waals surface area contributed by atoms with E-state index < -0.39 is 41.0 Å².